The zero-order valence-corrected chi connectivity index (χ0v) is 12.6. The fourth-order valence-electron chi connectivity index (χ4n) is 2.88. The van der Waals surface area contributed by atoms with Crippen LogP contribution in [0.5, 0.6) is 0 Å². The van der Waals surface area contributed by atoms with E-state index in [4.69, 9.17) is 11.6 Å². The Morgan fingerprint density at radius 1 is 1.47 bits per heavy atom. The molecule has 4 nitrogen and oxygen atoms in total. The molecule has 1 saturated carbocycles. The molecule has 1 aromatic heterocycles. The largest absolute Gasteiger partial charge is 0.392 e. The number of aliphatic hydroxyl groups excluding tert-OH is 1. The molecule has 1 aliphatic rings. The van der Waals surface area contributed by atoms with Crippen molar-refractivity contribution in [2.45, 2.75) is 57.7 Å². The molecular formula is C14H24ClN3O. The molecule has 1 N–H and O–H groups in total. The molecule has 1 unspecified atom stereocenters. The van der Waals surface area contributed by atoms with E-state index in [1.54, 1.807) is 6.20 Å². The highest BCUT2D eigenvalue weighted by atomic mass is 35.5. The lowest BCUT2D eigenvalue weighted by Crippen LogP contribution is -2.41. The van der Waals surface area contributed by atoms with Gasteiger partial charge in [0.25, 0.3) is 0 Å². The van der Waals surface area contributed by atoms with Gasteiger partial charge in [0, 0.05) is 19.6 Å². The van der Waals surface area contributed by atoms with Gasteiger partial charge in [-0.05, 0) is 19.8 Å². The molecule has 1 aromatic rings. The van der Waals surface area contributed by atoms with Gasteiger partial charge in [-0.25, -0.2) is 4.98 Å². The molecule has 0 saturated heterocycles. The normalized spacial score (nSPS) is 19.0. The van der Waals surface area contributed by atoms with E-state index < -0.39 is 0 Å². The maximum Gasteiger partial charge on any atom is 0.128 e. The second-order valence-corrected chi connectivity index (χ2v) is 6.01. The minimum Gasteiger partial charge on any atom is -0.392 e. The first-order chi connectivity index (χ1) is 9.08. The van der Waals surface area contributed by atoms with E-state index in [0.717, 1.165) is 12.4 Å². The molecule has 0 aromatic carbocycles. The third-order valence-corrected chi connectivity index (χ3v) is 4.31. The fraction of sp³-hybridized carbons (Fsp3) is 0.786. The molecule has 1 heterocycles. The summed E-state index contributed by atoms with van der Waals surface area (Å²) in [5.74, 6) is 0.969. The van der Waals surface area contributed by atoms with Crippen LogP contribution in [-0.2, 0) is 13.6 Å². The summed E-state index contributed by atoms with van der Waals surface area (Å²) in [5, 5.41) is 10.4. The first kappa shape index (κ1) is 14.8. The van der Waals surface area contributed by atoms with Gasteiger partial charge in [-0.15, -0.1) is 0 Å². The van der Waals surface area contributed by atoms with Crippen LogP contribution in [0.1, 0.15) is 44.9 Å². The Morgan fingerprint density at radius 3 is 2.68 bits per heavy atom. The predicted octanol–water partition coefficient (Wildman–Crippen LogP) is 2.59. The summed E-state index contributed by atoms with van der Waals surface area (Å²) in [6.07, 6.45) is 7.77. The second kappa shape index (κ2) is 6.73. The van der Waals surface area contributed by atoms with Crippen LogP contribution in [0.15, 0.2) is 6.20 Å². The van der Waals surface area contributed by atoms with Crippen LogP contribution in [0.3, 0.4) is 0 Å². The van der Waals surface area contributed by atoms with Crippen molar-refractivity contribution >= 4 is 11.6 Å². The van der Waals surface area contributed by atoms with Gasteiger partial charge < -0.3 is 9.67 Å². The van der Waals surface area contributed by atoms with E-state index in [-0.39, 0.29) is 6.10 Å². The summed E-state index contributed by atoms with van der Waals surface area (Å²) in [6, 6.07) is 0.568. The zero-order chi connectivity index (χ0) is 13.8. The average molecular weight is 286 g/mol. The summed E-state index contributed by atoms with van der Waals surface area (Å²) in [4.78, 5) is 6.73. The Hall–Kier alpha value is -0.580. The molecule has 108 valence electrons. The number of imidazole rings is 1. The molecule has 0 aliphatic heterocycles. The SMILES string of the molecule is CC(O)CN(Cc1ncc(Cl)n1C)C1CCCCC1. The molecule has 0 amide bonds. The van der Waals surface area contributed by atoms with E-state index >= 15 is 0 Å². The van der Waals surface area contributed by atoms with Gasteiger partial charge in [-0.2, -0.15) is 0 Å². The van der Waals surface area contributed by atoms with Crippen LogP contribution in [0.4, 0.5) is 0 Å². The number of hydrogen-bond acceptors (Lipinski definition) is 3. The lowest BCUT2D eigenvalue weighted by molar-refractivity contribution is 0.0744. The molecule has 0 spiro atoms. The molecule has 2 rings (SSSR count). The fourth-order valence-corrected chi connectivity index (χ4v) is 3.03. The highest BCUT2D eigenvalue weighted by Crippen LogP contribution is 2.24. The summed E-state index contributed by atoms with van der Waals surface area (Å²) < 4.78 is 1.92. The molecule has 5 heteroatoms. The van der Waals surface area contributed by atoms with Crippen molar-refractivity contribution in [2.75, 3.05) is 6.54 Å². The number of hydrogen-bond donors (Lipinski definition) is 1. The van der Waals surface area contributed by atoms with Crippen LogP contribution < -0.4 is 0 Å². The highest BCUT2D eigenvalue weighted by Gasteiger charge is 2.23. The highest BCUT2D eigenvalue weighted by molar-refractivity contribution is 6.29. The van der Waals surface area contributed by atoms with Gasteiger partial charge >= 0.3 is 0 Å². The van der Waals surface area contributed by atoms with Crippen molar-refractivity contribution in [3.63, 3.8) is 0 Å². The number of halogens is 1. The molecule has 0 bridgehead atoms. The summed E-state index contributed by atoms with van der Waals surface area (Å²) in [5.41, 5.74) is 0. The molecular weight excluding hydrogens is 262 g/mol. The van der Waals surface area contributed by atoms with Gasteiger partial charge in [0.2, 0.25) is 0 Å². The van der Waals surface area contributed by atoms with E-state index in [9.17, 15) is 5.11 Å². The van der Waals surface area contributed by atoms with Crippen molar-refractivity contribution in [3.8, 4) is 0 Å². The van der Waals surface area contributed by atoms with Crippen molar-refractivity contribution in [3.05, 3.63) is 17.2 Å². The Morgan fingerprint density at radius 2 is 2.16 bits per heavy atom. The Balaban J connectivity index is 2.06. The second-order valence-electron chi connectivity index (χ2n) is 5.63. The third kappa shape index (κ3) is 3.94. The average Bonchev–Trinajstić information content (AvgIpc) is 2.70. The minimum absolute atomic E-state index is 0.308. The summed E-state index contributed by atoms with van der Waals surface area (Å²) in [7, 11) is 1.94. The van der Waals surface area contributed by atoms with Gasteiger partial charge in [0.05, 0.1) is 18.8 Å². The third-order valence-electron chi connectivity index (χ3n) is 3.96. The first-order valence-electron chi connectivity index (χ1n) is 7.16. The lowest BCUT2D eigenvalue weighted by Gasteiger charge is -2.34. The number of aromatic nitrogens is 2. The molecule has 1 atom stereocenters. The molecule has 0 radical (unpaired) electrons. The quantitative estimate of drug-likeness (QED) is 0.904. The zero-order valence-electron chi connectivity index (χ0n) is 11.8. The molecule has 19 heavy (non-hydrogen) atoms. The predicted molar refractivity (Wildman–Crippen MR) is 77.2 cm³/mol. The van der Waals surface area contributed by atoms with Gasteiger partial charge in [0.15, 0.2) is 0 Å². The number of nitrogens with zero attached hydrogens (tertiary/aromatic N) is 3. The van der Waals surface area contributed by atoms with E-state index in [1.165, 1.54) is 32.1 Å². The van der Waals surface area contributed by atoms with Crippen LogP contribution in [-0.4, -0.2) is 38.2 Å². The summed E-state index contributed by atoms with van der Waals surface area (Å²) >= 11 is 6.04. The Bertz CT molecular complexity index is 399. The summed E-state index contributed by atoms with van der Waals surface area (Å²) in [6.45, 7) is 3.31. The van der Waals surface area contributed by atoms with Crippen molar-refractivity contribution in [1.82, 2.24) is 14.5 Å². The maximum absolute atomic E-state index is 9.71. The maximum atomic E-state index is 9.71. The first-order valence-corrected chi connectivity index (χ1v) is 7.54. The Labute approximate surface area is 120 Å². The molecule has 1 aliphatic carbocycles. The monoisotopic (exact) mass is 285 g/mol. The van der Waals surface area contributed by atoms with Crippen molar-refractivity contribution in [2.24, 2.45) is 7.05 Å². The van der Waals surface area contributed by atoms with E-state index in [0.29, 0.717) is 17.7 Å². The topological polar surface area (TPSA) is 41.3 Å². The van der Waals surface area contributed by atoms with Gasteiger partial charge in [-0.3, -0.25) is 4.90 Å². The molecule has 1 fully saturated rings. The van der Waals surface area contributed by atoms with Crippen LogP contribution in [0.2, 0.25) is 5.15 Å². The van der Waals surface area contributed by atoms with Crippen LogP contribution in [0.25, 0.3) is 0 Å². The Kier molecular flexibility index (Phi) is 5.25. The smallest absolute Gasteiger partial charge is 0.128 e. The van der Waals surface area contributed by atoms with E-state index in [2.05, 4.69) is 9.88 Å². The standard InChI is InChI=1S/C14H24ClN3O/c1-11(19)9-18(12-6-4-3-5-7-12)10-14-16-8-13(15)17(14)2/h8,11-12,19H,3-7,9-10H2,1-2H3. The van der Waals surface area contributed by atoms with Gasteiger partial charge in [-0.1, -0.05) is 30.9 Å². The van der Waals surface area contributed by atoms with Crippen LogP contribution >= 0.6 is 11.6 Å². The van der Waals surface area contributed by atoms with Gasteiger partial charge in [0.1, 0.15) is 11.0 Å². The number of rotatable bonds is 5. The van der Waals surface area contributed by atoms with Crippen LogP contribution in [0, 0.1) is 0 Å². The number of aliphatic hydroxyl groups is 1. The lowest BCUT2D eigenvalue weighted by atomic mass is 9.94. The van der Waals surface area contributed by atoms with Crippen molar-refractivity contribution in [1.29, 1.82) is 0 Å². The minimum atomic E-state index is -0.308. The van der Waals surface area contributed by atoms with Crippen molar-refractivity contribution < 1.29 is 5.11 Å². The van der Waals surface area contributed by atoms with E-state index in [1.807, 2.05) is 18.5 Å².